The lowest BCUT2D eigenvalue weighted by Gasteiger charge is -2.31. The van der Waals surface area contributed by atoms with Gasteiger partial charge in [-0.3, -0.25) is 4.79 Å². The number of hydrogen-bond acceptors (Lipinski definition) is 4. The Kier molecular flexibility index (Phi) is 6.46. The first-order valence-electron chi connectivity index (χ1n) is 10.0. The minimum Gasteiger partial charge on any atom is -0.369 e. The lowest BCUT2D eigenvalue weighted by molar-refractivity contribution is -0.261. The van der Waals surface area contributed by atoms with E-state index < -0.39 is 11.8 Å². The number of oxime groups is 1. The Bertz CT molecular complexity index is 1160. The number of thioether (sulfide) groups is 1. The Morgan fingerprint density at radius 2 is 1.88 bits per heavy atom. The van der Waals surface area contributed by atoms with Crippen molar-refractivity contribution in [2.75, 3.05) is 11.5 Å². The van der Waals surface area contributed by atoms with Gasteiger partial charge in [-0.1, -0.05) is 40.5 Å². The summed E-state index contributed by atoms with van der Waals surface area (Å²) in [5.41, 5.74) is -1.82. The quantitative estimate of drug-likeness (QED) is 0.521. The van der Waals surface area contributed by atoms with Gasteiger partial charge in [-0.15, -0.1) is 0 Å². The Labute approximate surface area is 203 Å². The third-order valence-electron chi connectivity index (χ3n) is 5.58. The second kappa shape index (κ2) is 8.89. The zero-order chi connectivity index (χ0) is 24.0. The number of nitrogens with one attached hydrogen (secondary N) is 1. The molecule has 1 saturated heterocycles. The summed E-state index contributed by atoms with van der Waals surface area (Å²) in [5, 5.41) is 6.88. The van der Waals surface area contributed by atoms with Crippen LogP contribution in [0.4, 0.5) is 13.2 Å². The highest BCUT2D eigenvalue weighted by atomic mass is 35.5. The highest BCUT2D eigenvalue weighted by Crippen LogP contribution is 2.52. The molecule has 174 valence electrons. The molecule has 4 rings (SSSR count). The number of rotatable bonds is 4. The third kappa shape index (κ3) is 4.24. The highest BCUT2D eigenvalue weighted by Gasteiger charge is 2.65. The van der Waals surface area contributed by atoms with Crippen molar-refractivity contribution in [2.24, 2.45) is 5.16 Å². The summed E-state index contributed by atoms with van der Waals surface area (Å²) >= 11 is 13.8. The topological polar surface area (TPSA) is 50.7 Å². The second-order valence-electron chi connectivity index (χ2n) is 7.81. The molecule has 33 heavy (non-hydrogen) atoms. The van der Waals surface area contributed by atoms with Gasteiger partial charge in [0.1, 0.15) is 5.71 Å². The summed E-state index contributed by atoms with van der Waals surface area (Å²) in [6.07, 6.45) is -3.54. The van der Waals surface area contributed by atoms with Crippen LogP contribution in [0.5, 0.6) is 0 Å². The molecule has 0 saturated carbocycles. The van der Waals surface area contributed by atoms with Gasteiger partial charge in [-0.25, -0.2) is 0 Å². The standard InChI is InChI=1S/C23H19Cl2F3N2O2S/c1-3-19-20(13-4-5-18(12(2)6-13)21(31)29-17-10-33-11-17)30-32-22(19,23(26,27)28)14-7-15(24)9-16(25)8-14/h3-9,17H,10-11H2,1-2H3,(H,29,31). The van der Waals surface area contributed by atoms with Gasteiger partial charge in [0.05, 0.1) is 0 Å². The van der Waals surface area contributed by atoms with E-state index in [1.807, 2.05) is 0 Å². The number of halogens is 5. The summed E-state index contributed by atoms with van der Waals surface area (Å²) in [6, 6.07) is 8.61. The van der Waals surface area contributed by atoms with Gasteiger partial charge < -0.3 is 10.2 Å². The lowest BCUT2D eigenvalue weighted by atomic mass is 9.81. The number of hydrogen-bond donors (Lipinski definition) is 1. The van der Waals surface area contributed by atoms with Crippen LogP contribution in [0.1, 0.15) is 34.0 Å². The number of benzene rings is 2. The van der Waals surface area contributed by atoms with Crippen molar-refractivity contribution in [1.82, 2.24) is 5.32 Å². The van der Waals surface area contributed by atoms with E-state index >= 15 is 0 Å². The molecule has 4 nitrogen and oxygen atoms in total. The zero-order valence-corrected chi connectivity index (χ0v) is 19.9. The van der Waals surface area contributed by atoms with E-state index in [1.165, 1.54) is 31.2 Å². The van der Waals surface area contributed by atoms with Crippen molar-refractivity contribution in [2.45, 2.75) is 31.7 Å². The second-order valence-corrected chi connectivity index (χ2v) is 9.76. The van der Waals surface area contributed by atoms with Gasteiger partial charge in [-0.05, 0) is 49.7 Å². The molecule has 0 bridgehead atoms. The molecule has 0 aromatic heterocycles. The van der Waals surface area contributed by atoms with E-state index in [1.54, 1.807) is 36.9 Å². The molecular weight excluding hydrogens is 496 g/mol. The molecule has 2 aliphatic rings. The number of amides is 1. The molecule has 1 N–H and O–H groups in total. The van der Waals surface area contributed by atoms with Crippen LogP contribution in [0.15, 0.2) is 53.2 Å². The van der Waals surface area contributed by atoms with Crippen LogP contribution in [-0.2, 0) is 10.4 Å². The maximum atomic E-state index is 14.5. The van der Waals surface area contributed by atoms with E-state index in [0.29, 0.717) is 16.7 Å². The van der Waals surface area contributed by atoms with Crippen molar-refractivity contribution in [3.63, 3.8) is 0 Å². The summed E-state index contributed by atoms with van der Waals surface area (Å²) in [7, 11) is 0. The summed E-state index contributed by atoms with van der Waals surface area (Å²) in [4.78, 5) is 17.7. The molecule has 0 aliphatic carbocycles. The fourth-order valence-corrected chi connectivity index (χ4v) is 5.07. The molecule has 10 heteroatoms. The Morgan fingerprint density at radius 3 is 2.39 bits per heavy atom. The van der Waals surface area contributed by atoms with Crippen LogP contribution in [0.25, 0.3) is 0 Å². The number of carbonyl (C=O) groups is 1. The van der Waals surface area contributed by atoms with E-state index in [2.05, 4.69) is 10.5 Å². The molecule has 2 heterocycles. The van der Waals surface area contributed by atoms with Gasteiger partial charge >= 0.3 is 6.18 Å². The van der Waals surface area contributed by atoms with Crippen molar-refractivity contribution in [3.05, 3.63) is 80.3 Å². The van der Waals surface area contributed by atoms with Gasteiger partial charge in [-0.2, -0.15) is 24.9 Å². The molecule has 2 aromatic carbocycles. The Hall–Kier alpha value is -2.16. The van der Waals surface area contributed by atoms with Crippen molar-refractivity contribution < 1.29 is 22.8 Å². The number of aryl methyl sites for hydroxylation is 1. The fourth-order valence-electron chi connectivity index (χ4n) is 3.91. The normalized spacial score (nSPS) is 22.0. The zero-order valence-electron chi connectivity index (χ0n) is 17.6. The molecular formula is C23H19Cl2F3N2O2S. The minimum atomic E-state index is -4.86. The third-order valence-corrected chi connectivity index (χ3v) is 7.30. The van der Waals surface area contributed by atoms with Crippen LogP contribution in [0, 0.1) is 6.92 Å². The maximum Gasteiger partial charge on any atom is 0.440 e. The summed E-state index contributed by atoms with van der Waals surface area (Å²) < 4.78 is 43.6. The molecule has 2 aliphatic heterocycles. The number of allylic oxidation sites excluding steroid dienone is 1. The summed E-state index contributed by atoms with van der Waals surface area (Å²) in [5.74, 6) is 1.53. The maximum absolute atomic E-state index is 14.5. The predicted molar refractivity (Wildman–Crippen MR) is 125 cm³/mol. The molecule has 2 aromatic rings. The van der Waals surface area contributed by atoms with E-state index in [-0.39, 0.29) is 38.8 Å². The van der Waals surface area contributed by atoms with E-state index in [0.717, 1.165) is 11.5 Å². The highest BCUT2D eigenvalue weighted by molar-refractivity contribution is 8.00. The summed E-state index contributed by atoms with van der Waals surface area (Å²) in [6.45, 7) is 3.21. The van der Waals surface area contributed by atoms with Gasteiger partial charge in [0.2, 0.25) is 0 Å². The van der Waals surface area contributed by atoms with Gasteiger partial charge in [0.25, 0.3) is 11.5 Å². The van der Waals surface area contributed by atoms with Crippen LogP contribution < -0.4 is 5.32 Å². The molecule has 1 unspecified atom stereocenters. The van der Waals surface area contributed by atoms with Crippen molar-refractivity contribution >= 4 is 46.6 Å². The van der Waals surface area contributed by atoms with Crippen LogP contribution in [0.2, 0.25) is 10.0 Å². The first-order valence-corrected chi connectivity index (χ1v) is 11.9. The minimum absolute atomic E-state index is 0.0244. The largest absolute Gasteiger partial charge is 0.440 e. The molecule has 1 amide bonds. The van der Waals surface area contributed by atoms with Crippen LogP contribution in [0.3, 0.4) is 0 Å². The first-order chi connectivity index (χ1) is 15.6. The first kappa shape index (κ1) is 24.0. The molecule has 0 radical (unpaired) electrons. The van der Waals surface area contributed by atoms with E-state index in [9.17, 15) is 18.0 Å². The van der Waals surface area contributed by atoms with Gasteiger partial charge in [0, 0.05) is 49.9 Å². The average Bonchev–Trinajstić information content (AvgIpc) is 3.10. The van der Waals surface area contributed by atoms with Gasteiger partial charge in [0.15, 0.2) is 0 Å². The van der Waals surface area contributed by atoms with E-state index in [4.69, 9.17) is 28.0 Å². The van der Waals surface area contributed by atoms with Crippen LogP contribution in [-0.4, -0.2) is 35.3 Å². The smallest absolute Gasteiger partial charge is 0.369 e. The Balaban J connectivity index is 1.72. The van der Waals surface area contributed by atoms with Crippen molar-refractivity contribution in [1.29, 1.82) is 0 Å². The SMILES string of the molecule is CC=C1C(c2ccc(C(=O)NC3CSC3)c(C)c2)=NOC1(c1cc(Cl)cc(Cl)c1)C(F)(F)F. The fraction of sp³-hybridized carbons (Fsp3) is 0.304. The molecule has 1 fully saturated rings. The predicted octanol–water partition coefficient (Wildman–Crippen LogP) is 6.29. The van der Waals surface area contributed by atoms with Crippen molar-refractivity contribution in [3.8, 4) is 0 Å². The lowest BCUT2D eigenvalue weighted by Crippen LogP contribution is -2.44. The number of nitrogens with zero attached hydrogens (tertiary/aromatic N) is 1. The average molecular weight is 515 g/mol. The monoisotopic (exact) mass is 514 g/mol. The molecule has 1 atom stereocenters. The molecule has 0 spiro atoms. The number of alkyl halides is 3. The Morgan fingerprint density at radius 1 is 1.21 bits per heavy atom. The van der Waals surface area contributed by atoms with Crippen LogP contribution >= 0.6 is 35.0 Å². The number of carbonyl (C=O) groups excluding carboxylic acids is 1.